The Kier molecular flexibility index (Phi) is 10.2. The average molecular weight is 557 g/mol. The minimum Gasteiger partial charge on any atom is -0.466 e. The van der Waals surface area contributed by atoms with Gasteiger partial charge >= 0.3 is 5.97 Å². The van der Waals surface area contributed by atoms with Crippen molar-refractivity contribution in [1.82, 2.24) is 4.31 Å². The number of carbonyl (C=O) groups is 2. The number of benzene rings is 2. The molecule has 2 N–H and O–H groups in total. The van der Waals surface area contributed by atoms with Gasteiger partial charge in [0, 0.05) is 37.6 Å². The molecule has 0 aromatic heterocycles. The van der Waals surface area contributed by atoms with Gasteiger partial charge in [0.15, 0.2) is 0 Å². The molecule has 0 saturated heterocycles. The highest BCUT2D eigenvalue weighted by Crippen LogP contribution is 2.39. The van der Waals surface area contributed by atoms with Crippen molar-refractivity contribution < 1.29 is 35.7 Å². The van der Waals surface area contributed by atoms with E-state index in [0.29, 0.717) is 28.4 Å². The quantitative estimate of drug-likeness (QED) is 0.203. The lowest BCUT2D eigenvalue weighted by Gasteiger charge is -2.28. The first kappa shape index (κ1) is 30.7. The number of fused-ring (bicyclic) bond motifs is 1. The monoisotopic (exact) mass is 556 g/mol. The number of ether oxygens (including phenoxy) is 1. The zero-order chi connectivity index (χ0) is 28.0. The van der Waals surface area contributed by atoms with Gasteiger partial charge in [-0.1, -0.05) is 18.2 Å². The van der Waals surface area contributed by atoms with Crippen molar-refractivity contribution in [2.75, 3.05) is 37.8 Å². The fourth-order valence-electron chi connectivity index (χ4n) is 4.00. The van der Waals surface area contributed by atoms with Crippen LogP contribution in [-0.2, 0) is 39.9 Å². The Balaban J connectivity index is 2.50. The molecule has 2 aromatic carbocycles. The number of nitrogens with zero attached hydrogens (tertiary/aromatic N) is 1. The molecule has 0 aliphatic rings. The van der Waals surface area contributed by atoms with E-state index >= 15 is 0 Å². The maximum absolute atomic E-state index is 13.5. The Morgan fingerprint density at radius 2 is 1.73 bits per heavy atom. The number of ketones is 1. The third-order valence-electron chi connectivity index (χ3n) is 6.27. The standard InChI is InChI=1S/C25H36N2O8S2/c1-6-35-23(29)12-8-16-27(5)37(33,34)22-11-7-10-20-19(22)13-14-21(24(20)25(3,4)18(2)28)26-15-9-17-36(30,31)32/h7,10-11,13-14,26H,6,8-9,12,15-17H2,1-5H3,(H,30,31,32). The summed E-state index contributed by atoms with van der Waals surface area (Å²) in [6.07, 6.45) is 0.550. The maximum atomic E-state index is 13.5. The molecule has 0 radical (unpaired) electrons. The molecule has 0 atom stereocenters. The molecule has 0 heterocycles. The number of carbonyl (C=O) groups excluding carboxylic acids is 2. The van der Waals surface area contributed by atoms with Crippen LogP contribution in [0, 0.1) is 0 Å². The van der Waals surface area contributed by atoms with Crippen molar-refractivity contribution in [2.45, 2.75) is 57.3 Å². The number of hydrogen-bond acceptors (Lipinski definition) is 8. The Bertz CT molecular complexity index is 1350. The molecule has 10 nitrogen and oxygen atoms in total. The molecule has 2 rings (SSSR count). The summed E-state index contributed by atoms with van der Waals surface area (Å²) in [4.78, 5) is 24.3. The molecule has 0 saturated carbocycles. The zero-order valence-corrected chi connectivity index (χ0v) is 23.5. The molecular formula is C25H36N2O8S2. The minimum atomic E-state index is -4.10. The second-order valence-electron chi connectivity index (χ2n) is 9.32. The smallest absolute Gasteiger partial charge is 0.305 e. The average Bonchev–Trinajstić information content (AvgIpc) is 2.80. The Labute approximate surface area is 219 Å². The summed E-state index contributed by atoms with van der Waals surface area (Å²) in [5.41, 5.74) is 0.172. The van der Waals surface area contributed by atoms with Crippen LogP contribution >= 0.6 is 0 Å². The number of rotatable bonds is 14. The lowest BCUT2D eigenvalue weighted by Crippen LogP contribution is -2.30. The van der Waals surface area contributed by atoms with E-state index in [1.807, 2.05) is 0 Å². The largest absolute Gasteiger partial charge is 0.466 e. The van der Waals surface area contributed by atoms with Crippen molar-refractivity contribution in [3.63, 3.8) is 0 Å². The van der Waals surface area contributed by atoms with Crippen LogP contribution < -0.4 is 5.32 Å². The van der Waals surface area contributed by atoms with Crippen molar-refractivity contribution in [1.29, 1.82) is 0 Å². The van der Waals surface area contributed by atoms with Gasteiger partial charge in [-0.3, -0.25) is 14.1 Å². The van der Waals surface area contributed by atoms with E-state index in [9.17, 15) is 26.4 Å². The van der Waals surface area contributed by atoms with E-state index in [1.54, 1.807) is 45.0 Å². The lowest BCUT2D eigenvalue weighted by molar-refractivity contribution is -0.143. The Morgan fingerprint density at radius 1 is 1.05 bits per heavy atom. The lowest BCUT2D eigenvalue weighted by atomic mass is 9.77. The molecule has 0 aliphatic heterocycles. The van der Waals surface area contributed by atoms with Crippen LogP contribution in [0.25, 0.3) is 10.8 Å². The maximum Gasteiger partial charge on any atom is 0.305 e. The predicted octanol–water partition coefficient (Wildman–Crippen LogP) is 3.36. The van der Waals surface area contributed by atoms with E-state index in [-0.39, 0.29) is 49.2 Å². The molecule has 0 amide bonds. The van der Waals surface area contributed by atoms with E-state index < -0.39 is 31.3 Å². The number of anilines is 1. The molecule has 0 unspecified atom stereocenters. The molecule has 0 spiro atoms. The fraction of sp³-hybridized carbons (Fsp3) is 0.520. The van der Waals surface area contributed by atoms with Gasteiger partial charge < -0.3 is 10.1 Å². The molecule has 0 bridgehead atoms. The molecule has 206 valence electrons. The van der Waals surface area contributed by atoms with Crippen LogP contribution in [-0.4, -0.2) is 69.9 Å². The van der Waals surface area contributed by atoms with Gasteiger partial charge in [-0.05, 0) is 63.6 Å². The first-order valence-electron chi connectivity index (χ1n) is 12.0. The second kappa shape index (κ2) is 12.3. The van der Waals surface area contributed by atoms with Crippen LogP contribution in [0.3, 0.4) is 0 Å². The van der Waals surface area contributed by atoms with Gasteiger partial charge in [-0.25, -0.2) is 12.7 Å². The minimum absolute atomic E-state index is 0.0714. The van der Waals surface area contributed by atoms with Gasteiger partial charge in [0.1, 0.15) is 5.78 Å². The highest BCUT2D eigenvalue weighted by Gasteiger charge is 2.32. The SMILES string of the molecule is CCOC(=O)CCCN(C)S(=O)(=O)c1cccc2c(C(C)(C)C(C)=O)c(NCCCS(=O)(=O)O)ccc12. The third kappa shape index (κ3) is 7.73. The normalized spacial score (nSPS) is 12.6. The van der Waals surface area contributed by atoms with Gasteiger partial charge in [-0.15, -0.1) is 0 Å². The van der Waals surface area contributed by atoms with Gasteiger partial charge in [0.05, 0.1) is 22.7 Å². The van der Waals surface area contributed by atoms with Crippen LogP contribution in [0.4, 0.5) is 5.69 Å². The zero-order valence-electron chi connectivity index (χ0n) is 21.9. The molecule has 37 heavy (non-hydrogen) atoms. The predicted molar refractivity (Wildman–Crippen MR) is 143 cm³/mol. The molecule has 0 fully saturated rings. The summed E-state index contributed by atoms with van der Waals surface area (Å²) in [6.45, 7) is 7.26. The summed E-state index contributed by atoms with van der Waals surface area (Å²) >= 11 is 0. The first-order chi connectivity index (χ1) is 17.1. The molecule has 0 aliphatic carbocycles. The summed E-state index contributed by atoms with van der Waals surface area (Å²) in [5.74, 6) is -0.930. The summed E-state index contributed by atoms with van der Waals surface area (Å²) in [5, 5.41) is 4.15. The first-order valence-corrected chi connectivity index (χ1v) is 15.1. The molecular weight excluding hydrogens is 520 g/mol. The van der Waals surface area contributed by atoms with Gasteiger partial charge in [-0.2, -0.15) is 8.42 Å². The summed E-state index contributed by atoms with van der Waals surface area (Å²) in [6, 6.07) is 8.19. The number of hydrogen-bond donors (Lipinski definition) is 2. The summed E-state index contributed by atoms with van der Waals surface area (Å²) < 4.78 is 64.1. The Hall–Kier alpha value is -2.54. The third-order valence-corrected chi connectivity index (χ3v) is 8.99. The fourth-order valence-corrected chi connectivity index (χ4v) is 5.92. The molecule has 2 aromatic rings. The van der Waals surface area contributed by atoms with Crippen molar-refractivity contribution in [3.05, 3.63) is 35.9 Å². The van der Waals surface area contributed by atoms with Crippen molar-refractivity contribution in [2.24, 2.45) is 0 Å². The number of esters is 1. The van der Waals surface area contributed by atoms with Crippen molar-refractivity contribution in [3.8, 4) is 0 Å². The highest BCUT2D eigenvalue weighted by molar-refractivity contribution is 7.89. The summed E-state index contributed by atoms with van der Waals surface area (Å²) in [7, 11) is -6.58. The van der Waals surface area contributed by atoms with Gasteiger partial charge in [0.25, 0.3) is 10.1 Å². The Morgan fingerprint density at radius 3 is 2.32 bits per heavy atom. The van der Waals surface area contributed by atoms with Crippen LogP contribution in [0.5, 0.6) is 0 Å². The number of nitrogens with one attached hydrogen (secondary N) is 1. The van der Waals surface area contributed by atoms with Crippen LogP contribution in [0.1, 0.15) is 52.5 Å². The highest BCUT2D eigenvalue weighted by atomic mass is 32.2. The second-order valence-corrected chi connectivity index (χ2v) is 12.9. The topological polar surface area (TPSA) is 147 Å². The van der Waals surface area contributed by atoms with E-state index in [2.05, 4.69) is 5.32 Å². The van der Waals surface area contributed by atoms with Crippen LogP contribution in [0.15, 0.2) is 35.2 Å². The molecule has 12 heteroatoms. The van der Waals surface area contributed by atoms with Gasteiger partial charge in [0.2, 0.25) is 10.0 Å². The number of sulfonamides is 1. The van der Waals surface area contributed by atoms with E-state index in [1.165, 1.54) is 24.3 Å². The van der Waals surface area contributed by atoms with Crippen LogP contribution in [0.2, 0.25) is 0 Å². The van der Waals surface area contributed by atoms with E-state index in [4.69, 9.17) is 9.29 Å². The van der Waals surface area contributed by atoms with E-state index in [0.717, 1.165) is 0 Å². The van der Waals surface area contributed by atoms with Crippen molar-refractivity contribution >= 4 is 48.4 Å². The number of Topliss-reactive ketones (excluding diaryl/α,β-unsaturated/α-hetero) is 1.